The van der Waals surface area contributed by atoms with Crippen LogP contribution in [0.25, 0.3) is 0 Å². The first kappa shape index (κ1) is 14.2. The van der Waals surface area contributed by atoms with Crippen molar-refractivity contribution in [1.29, 1.82) is 0 Å². The van der Waals surface area contributed by atoms with E-state index < -0.39 is 17.2 Å². The van der Waals surface area contributed by atoms with E-state index in [0.29, 0.717) is 12.8 Å². The number of Topliss-reactive ketones (excluding diaryl/α,β-unsaturated/α-hetero) is 1. The summed E-state index contributed by atoms with van der Waals surface area (Å²) < 4.78 is 11.6. The topological polar surface area (TPSA) is 55.8 Å². The van der Waals surface area contributed by atoms with E-state index in [4.69, 9.17) is 9.47 Å². The van der Waals surface area contributed by atoms with Gasteiger partial charge in [-0.1, -0.05) is 42.5 Å². The van der Waals surface area contributed by atoms with Crippen LogP contribution in [0.15, 0.2) is 42.5 Å². The van der Waals surface area contributed by atoms with Crippen molar-refractivity contribution in [3.05, 3.63) is 48.0 Å². The Morgan fingerprint density at radius 2 is 1.96 bits per heavy atom. The quantitative estimate of drug-likeness (QED) is 0.785. The summed E-state index contributed by atoms with van der Waals surface area (Å²) in [6.07, 6.45) is 6.10. The molecule has 5 rings (SSSR count). The molecule has 1 aromatic rings. The first-order valence-electron chi connectivity index (χ1n) is 8.58. The van der Waals surface area contributed by atoms with Crippen molar-refractivity contribution in [2.75, 3.05) is 6.61 Å². The van der Waals surface area contributed by atoms with E-state index in [2.05, 4.69) is 0 Å². The third kappa shape index (κ3) is 1.58. The number of rotatable bonds is 2. The maximum absolute atomic E-state index is 13.2. The van der Waals surface area contributed by atoms with Gasteiger partial charge in [-0.15, -0.1) is 0 Å². The number of amides is 1. The maximum Gasteiger partial charge on any atom is 0.411 e. The average molecular weight is 325 g/mol. The monoisotopic (exact) mass is 325 g/mol. The summed E-state index contributed by atoms with van der Waals surface area (Å²) in [7, 11) is 0. The number of carbonyl (C=O) groups excluding carboxylic acids is 2. The van der Waals surface area contributed by atoms with Gasteiger partial charge in [0.2, 0.25) is 0 Å². The number of hydrogen-bond acceptors (Lipinski definition) is 4. The van der Waals surface area contributed by atoms with Crippen molar-refractivity contribution >= 4 is 11.9 Å². The van der Waals surface area contributed by atoms with E-state index in [0.717, 1.165) is 18.4 Å². The molecule has 124 valence electrons. The van der Waals surface area contributed by atoms with Crippen molar-refractivity contribution in [2.45, 2.75) is 49.0 Å². The van der Waals surface area contributed by atoms with Crippen molar-refractivity contribution in [3.63, 3.8) is 0 Å². The van der Waals surface area contributed by atoms with Gasteiger partial charge in [-0.3, -0.25) is 9.69 Å². The molecule has 4 aliphatic rings. The highest BCUT2D eigenvalue weighted by Crippen LogP contribution is 2.57. The minimum Gasteiger partial charge on any atom is -0.447 e. The van der Waals surface area contributed by atoms with E-state index in [1.807, 2.05) is 42.5 Å². The fourth-order valence-electron chi connectivity index (χ4n) is 5.07. The van der Waals surface area contributed by atoms with Gasteiger partial charge in [0.15, 0.2) is 5.78 Å². The van der Waals surface area contributed by atoms with Gasteiger partial charge in [0, 0.05) is 6.42 Å². The molecular weight excluding hydrogens is 306 g/mol. The molecule has 1 aromatic carbocycles. The smallest absolute Gasteiger partial charge is 0.411 e. The second-order valence-corrected chi connectivity index (χ2v) is 7.12. The lowest BCUT2D eigenvalue weighted by atomic mass is 9.75. The SMILES string of the molecule is O=C1OC[C@@H](c2ccccc2)N1[C@@]12CCC[C@@]13C=C[C@@H](CC2=O)O3. The molecule has 4 atom stereocenters. The van der Waals surface area contributed by atoms with E-state index in [-0.39, 0.29) is 24.5 Å². The van der Waals surface area contributed by atoms with Crippen molar-refractivity contribution in [3.8, 4) is 0 Å². The lowest BCUT2D eigenvalue weighted by Crippen LogP contribution is -2.68. The van der Waals surface area contributed by atoms with E-state index >= 15 is 0 Å². The van der Waals surface area contributed by atoms with Crippen LogP contribution < -0.4 is 0 Å². The Labute approximate surface area is 140 Å². The van der Waals surface area contributed by atoms with Crippen LogP contribution in [0.1, 0.15) is 37.3 Å². The van der Waals surface area contributed by atoms with E-state index in [1.54, 1.807) is 4.90 Å². The summed E-state index contributed by atoms with van der Waals surface area (Å²) in [6.45, 7) is 0.279. The predicted octanol–water partition coefficient (Wildman–Crippen LogP) is 2.77. The molecule has 3 aliphatic heterocycles. The number of ketones is 1. The largest absolute Gasteiger partial charge is 0.447 e. The van der Waals surface area contributed by atoms with Gasteiger partial charge in [-0.05, 0) is 24.8 Å². The second-order valence-electron chi connectivity index (χ2n) is 7.12. The third-order valence-electron chi connectivity index (χ3n) is 6.05. The lowest BCUT2D eigenvalue weighted by molar-refractivity contribution is -0.168. The van der Waals surface area contributed by atoms with Crippen LogP contribution in [0.5, 0.6) is 0 Å². The Morgan fingerprint density at radius 1 is 1.12 bits per heavy atom. The van der Waals surface area contributed by atoms with Gasteiger partial charge in [-0.25, -0.2) is 4.79 Å². The van der Waals surface area contributed by atoms with Crippen LogP contribution in [0.4, 0.5) is 4.79 Å². The molecule has 1 saturated carbocycles. The molecule has 24 heavy (non-hydrogen) atoms. The number of carbonyl (C=O) groups is 2. The van der Waals surface area contributed by atoms with Gasteiger partial charge < -0.3 is 9.47 Å². The number of hydrogen-bond donors (Lipinski definition) is 0. The normalized spacial score (nSPS) is 40.1. The molecule has 0 aromatic heterocycles. The van der Waals surface area contributed by atoms with Crippen LogP contribution in [0.3, 0.4) is 0 Å². The van der Waals surface area contributed by atoms with Gasteiger partial charge in [0.1, 0.15) is 17.7 Å². The predicted molar refractivity (Wildman–Crippen MR) is 85.3 cm³/mol. The Kier molecular flexibility index (Phi) is 2.78. The van der Waals surface area contributed by atoms with Crippen molar-refractivity contribution in [2.24, 2.45) is 0 Å². The lowest BCUT2D eigenvalue weighted by Gasteiger charge is -2.50. The molecule has 0 unspecified atom stereocenters. The Bertz CT molecular complexity index is 745. The molecule has 5 nitrogen and oxygen atoms in total. The summed E-state index contributed by atoms with van der Waals surface area (Å²) in [5, 5.41) is 0. The van der Waals surface area contributed by atoms with Crippen LogP contribution in [0, 0.1) is 0 Å². The van der Waals surface area contributed by atoms with Gasteiger partial charge in [0.05, 0.1) is 12.1 Å². The van der Waals surface area contributed by atoms with Gasteiger partial charge in [-0.2, -0.15) is 0 Å². The standard InChI is InChI=1S/C19H19NO4/c21-16-11-14-7-10-18(24-14)8-4-9-19(16,18)20-15(12-23-17(20)22)13-5-2-1-3-6-13/h1-3,5-7,10,14-15H,4,8-9,11-12H2/t14-,15-,18+,19+/m0/s1. The molecule has 1 amide bonds. The number of fused-ring (bicyclic) bond motifs is 1. The summed E-state index contributed by atoms with van der Waals surface area (Å²) in [5.41, 5.74) is -0.606. The van der Waals surface area contributed by atoms with Crippen LogP contribution >= 0.6 is 0 Å². The Hall–Kier alpha value is -2.14. The molecule has 0 N–H and O–H groups in total. The van der Waals surface area contributed by atoms with Gasteiger partial charge in [0.25, 0.3) is 0 Å². The Morgan fingerprint density at radius 3 is 2.79 bits per heavy atom. The van der Waals surface area contributed by atoms with Crippen LogP contribution in [0.2, 0.25) is 0 Å². The molecule has 2 saturated heterocycles. The summed E-state index contributed by atoms with van der Waals surface area (Å²) in [5.74, 6) is 0.112. The van der Waals surface area contributed by atoms with E-state index in [1.165, 1.54) is 0 Å². The summed E-state index contributed by atoms with van der Waals surface area (Å²) >= 11 is 0. The highest BCUT2D eigenvalue weighted by Gasteiger charge is 2.70. The highest BCUT2D eigenvalue weighted by molar-refractivity contribution is 5.96. The number of nitrogens with zero attached hydrogens (tertiary/aromatic N) is 1. The zero-order chi connectivity index (χ0) is 16.4. The number of benzene rings is 1. The summed E-state index contributed by atoms with van der Waals surface area (Å²) in [4.78, 5) is 27.6. The first-order chi connectivity index (χ1) is 11.7. The molecule has 3 heterocycles. The van der Waals surface area contributed by atoms with Crippen molar-refractivity contribution < 1.29 is 19.1 Å². The molecule has 1 spiro atoms. The Balaban J connectivity index is 1.66. The zero-order valence-corrected chi connectivity index (χ0v) is 13.3. The van der Waals surface area contributed by atoms with E-state index in [9.17, 15) is 9.59 Å². The molecular formula is C19H19NO4. The molecule has 5 heteroatoms. The molecule has 3 fully saturated rings. The molecule has 1 aliphatic carbocycles. The molecule has 0 radical (unpaired) electrons. The minimum atomic E-state index is -0.926. The van der Waals surface area contributed by atoms with Crippen molar-refractivity contribution in [1.82, 2.24) is 4.90 Å². The third-order valence-corrected chi connectivity index (χ3v) is 6.05. The molecule has 2 bridgehead atoms. The minimum absolute atomic E-state index is 0.112. The average Bonchev–Trinajstić information content (AvgIpc) is 3.26. The number of cyclic esters (lactones) is 1. The fourth-order valence-corrected chi connectivity index (χ4v) is 5.07. The first-order valence-corrected chi connectivity index (χ1v) is 8.58. The number of ether oxygens (including phenoxy) is 2. The van der Waals surface area contributed by atoms with Gasteiger partial charge >= 0.3 is 6.09 Å². The van der Waals surface area contributed by atoms with Crippen LogP contribution in [-0.2, 0) is 14.3 Å². The highest BCUT2D eigenvalue weighted by atomic mass is 16.6. The van der Waals surface area contributed by atoms with Crippen LogP contribution in [-0.4, -0.2) is 40.6 Å². The maximum atomic E-state index is 13.2. The zero-order valence-electron chi connectivity index (χ0n) is 13.3. The summed E-state index contributed by atoms with van der Waals surface area (Å²) in [6, 6.07) is 9.57. The fraction of sp³-hybridized carbons (Fsp3) is 0.474. The second kappa shape index (κ2) is 4.70.